The normalized spacial score (nSPS) is 34.4. The zero-order valence-electron chi connectivity index (χ0n) is 9.59. The van der Waals surface area contributed by atoms with Gasteiger partial charge >= 0.3 is 12.1 Å². The number of amides is 1. The van der Waals surface area contributed by atoms with E-state index in [0.717, 1.165) is 12.8 Å². The first-order chi connectivity index (χ1) is 8.11. The Balaban J connectivity index is 1.77. The second-order valence-electron chi connectivity index (χ2n) is 4.80. The van der Waals surface area contributed by atoms with Crippen molar-refractivity contribution in [1.82, 2.24) is 5.32 Å². The highest BCUT2D eigenvalue weighted by Gasteiger charge is 2.50. The number of alkyl carbamates (subject to hydrolysis) is 1. The van der Waals surface area contributed by atoms with Crippen LogP contribution in [-0.2, 0) is 9.53 Å². The Labute approximate surface area is 99.8 Å². The monoisotopic (exact) mass is 239 g/mol. The van der Waals surface area contributed by atoms with Crippen LogP contribution in [0, 0.1) is 17.8 Å². The maximum Gasteiger partial charge on any atom is 0.407 e. The van der Waals surface area contributed by atoms with Crippen LogP contribution in [-0.4, -0.2) is 29.8 Å². The van der Waals surface area contributed by atoms with E-state index in [2.05, 4.69) is 11.9 Å². The standard InChI is InChI=1S/C12H17NO4/c1-2-3-17-12(16)13-10-6-7-4-8(11(14)15)5-9(7)10/h2,7-10H,1,3-6H2,(H,13,16)(H,14,15)/t7-,8?,9-,10-/m0/s1. The van der Waals surface area contributed by atoms with E-state index in [1.165, 1.54) is 6.08 Å². The molecule has 2 aliphatic carbocycles. The highest BCUT2D eigenvalue weighted by atomic mass is 16.5. The van der Waals surface area contributed by atoms with Crippen molar-refractivity contribution in [2.75, 3.05) is 6.61 Å². The molecule has 0 saturated heterocycles. The lowest BCUT2D eigenvalue weighted by Crippen LogP contribution is -2.50. The minimum atomic E-state index is -0.715. The highest BCUT2D eigenvalue weighted by Crippen LogP contribution is 2.49. The fraction of sp³-hybridized carbons (Fsp3) is 0.667. The number of aliphatic carboxylic acids is 1. The topological polar surface area (TPSA) is 75.6 Å². The molecule has 4 atom stereocenters. The quantitative estimate of drug-likeness (QED) is 0.727. The molecule has 2 saturated carbocycles. The Bertz CT molecular complexity index is 341. The van der Waals surface area contributed by atoms with Crippen molar-refractivity contribution >= 4 is 12.1 Å². The molecule has 0 aromatic rings. The number of carbonyl (C=O) groups is 2. The first kappa shape index (κ1) is 12.0. The van der Waals surface area contributed by atoms with Crippen LogP contribution in [0.5, 0.6) is 0 Å². The summed E-state index contributed by atoms with van der Waals surface area (Å²) in [6.07, 6.45) is 3.37. The van der Waals surface area contributed by atoms with E-state index in [4.69, 9.17) is 9.84 Å². The lowest BCUT2D eigenvalue weighted by molar-refractivity contribution is -0.141. The van der Waals surface area contributed by atoms with Crippen LogP contribution in [0.15, 0.2) is 12.7 Å². The highest BCUT2D eigenvalue weighted by molar-refractivity contribution is 5.71. The molecular formula is C12H17NO4. The van der Waals surface area contributed by atoms with E-state index in [0.29, 0.717) is 18.3 Å². The van der Waals surface area contributed by atoms with Gasteiger partial charge in [-0.2, -0.15) is 0 Å². The molecule has 5 heteroatoms. The Morgan fingerprint density at radius 1 is 1.41 bits per heavy atom. The predicted molar refractivity (Wildman–Crippen MR) is 60.4 cm³/mol. The summed E-state index contributed by atoms with van der Waals surface area (Å²) in [6, 6.07) is 0.0849. The summed E-state index contributed by atoms with van der Waals surface area (Å²) in [4.78, 5) is 22.2. The average Bonchev–Trinajstić information content (AvgIpc) is 2.61. The van der Waals surface area contributed by atoms with Crippen LogP contribution in [0.2, 0.25) is 0 Å². The third-order valence-corrected chi connectivity index (χ3v) is 3.81. The summed E-state index contributed by atoms with van der Waals surface area (Å²) in [6.45, 7) is 3.66. The van der Waals surface area contributed by atoms with Crippen molar-refractivity contribution in [2.24, 2.45) is 17.8 Å². The molecule has 5 nitrogen and oxygen atoms in total. The van der Waals surface area contributed by atoms with E-state index >= 15 is 0 Å². The third kappa shape index (κ3) is 2.43. The molecule has 0 aromatic carbocycles. The van der Waals surface area contributed by atoms with Crippen molar-refractivity contribution in [2.45, 2.75) is 25.3 Å². The Hall–Kier alpha value is -1.52. The molecule has 0 radical (unpaired) electrons. The maximum atomic E-state index is 11.3. The van der Waals surface area contributed by atoms with Gasteiger partial charge in [0.1, 0.15) is 6.61 Å². The molecule has 1 unspecified atom stereocenters. The van der Waals surface area contributed by atoms with Crippen LogP contribution in [0.1, 0.15) is 19.3 Å². The summed E-state index contributed by atoms with van der Waals surface area (Å²) in [5, 5.41) is 11.7. The van der Waals surface area contributed by atoms with Crippen LogP contribution in [0.3, 0.4) is 0 Å². The molecule has 1 amide bonds. The summed E-state index contributed by atoms with van der Waals surface area (Å²) in [5.74, 6) is -0.179. The number of ether oxygens (including phenoxy) is 1. The number of hydrogen-bond acceptors (Lipinski definition) is 3. The number of carboxylic acid groups (broad SMARTS) is 1. The molecule has 2 rings (SSSR count). The van der Waals surface area contributed by atoms with E-state index in [9.17, 15) is 9.59 Å². The van der Waals surface area contributed by atoms with E-state index in [1.54, 1.807) is 0 Å². The van der Waals surface area contributed by atoms with Gasteiger partial charge in [0.05, 0.1) is 5.92 Å². The Morgan fingerprint density at radius 2 is 2.18 bits per heavy atom. The number of rotatable bonds is 4. The molecule has 17 heavy (non-hydrogen) atoms. The number of fused-ring (bicyclic) bond motifs is 1. The fourth-order valence-electron chi connectivity index (χ4n) is 2.92. The average molecular weight is 239 g/mol. The van der Waals surface area contributed by atoms with E-state index < -0.39 is 12.1 Å². The molecule has 0 aromatic heterocycles. The van der Waals surface area contributed by atoms with Gasteiger partial charge in [-0.25, -0.2) is 4.79 Å². The van der Waals surface area contributed by atoms with Crippen molar-refractivity contribution in [1.29, 1.82) is 0 Å². The molecule has 2 N–H and O–H groups in total. The maximum absolute atomic E-state index is 11.3. The smallest absolute Gasteiger partial charge is 0.407 e. The second kappa shape index (κ2) is 4.77. The van der Waals surface area contributed by atoms with Gasteiger partial charge < -0.3 is 15.2 Å². The van der Waals surface area contributed by atoms with Crippen molar-refractivity contribution < 1.29 is 19.4 Å². The predicted octanol–water partition coefficient (Wildman–Crippen LogP) is 1.40. The molecular weight excluding hydrogens is 222 g/mol. The van der Waals surface area contributed by atoms with Gasteiger partial charge in [0.25, 0.3) is 0 Å². The van der Waals surface area contributed by atoms with Gasteiger partial charge in [-0.3, -0.25) is 4.79 Å². The largest absolute Gasteiger partial charge is 0.481 e. The van der Waals surface area contributed by atoms with Gasteiger partial charge in [-0.05, 0) is 31.1 Å². The Morgan fingerprint density at radius 3 is 2.82 bits per heavy atom. The van der Waals surface area contributed by atoms with Crippen LogP contribution in [0.4, 0.5) is 4.79 Å². The third-order valence-electron chi connectivity index (χ3n) is 3.81. The first-order valence-corrected chi connectivity index (χ1v) is 5.88. The summed E-state index contributed by atoms with van der Waals surface area (Å²) < 4.78 is 4.84. The van der Waals surface area contributed by atoms with E-state index in [1.807, 2.05) is 0 Å². The zero-order valence-corrected chi connectivity index (χ0v) is 9.59. The van der Waals surface area contributed by atoms with Crippen LogP contribution >= 0.6 is 0 Å². The molecule has 0 aliphatic heterocycles. The van der Waals surface area contributed by atoms with Crippen LogP contribution < -0.4 is 5.32 Å². The molecule has 2 fully saturated rings. The minimum absolute atomic E-state index is 0.0849. The summed E-state index contributed by atoms with van der Waals surface area (Å²) in [7, 11) is 0. The summed E-state index contributed by atoms with van der Waals surface area (Å²) >= 11 is 0. The lowest BCUT2D eigenvalue weighted by atomic mass is 9.71. The number of hydrogen-bond donors (Lipinski definition) is 2. The number of carbonyl (C=O) groups excluding carboxylic acids is 1. The van der Waals surface area contributed by atoms with Crippen molar-refractivity contribution in [3.8, 4) is 0 Å². The van der Waals surface area contributed by atoms with Gasteiger partial charge in [0.15, 0.2) is 0 Å². The molecule has 0 heterocycles. The molecule has 0 bridgehead atoms. The zero-order chi connectivity index (χ0) is 12.4. The van der Waals surface area contributed by atoms with Gasteiger partial charge in [-0.15, -0.1) is 0 Å². The molecule has 94 valence electrons. The summed E-state index contributed by atoms with van der Waals surface area (Å²) in [5.41, 5.74) is 0. The SMILES string of the molecule is C=CCOC(=O)N[C@H]1C[C@@H]2CC(C(=O)O)C[C@@H]21. The minimum Gasteiger partial charge on any atom is -0.481 e. The van der Waals surface area contributed by atoms with Gasteiger partial charge in [-0.1, -0.05) is 12.7 Å². The lowest BCUT2D eigenvalue weighted by Gasteiger charge is -2.40. The number of nitrogens with one attached hydrogen (secondary N) is 1. The van der Waals surface area contributed by atoms with E-state index in [-0.39, 0.29) is 18.6 Å². The molecule has 2 aliphatic rings. The van der Waals surface area contributed by atoms with Crippen molar-refractivity contribution in [3.63, 3.8) is 0 Å². The number of carboxylic acids is 1. The first-order valence-electron chi connectivity index (χ1n) is 5.88. The Kier molecular flexibility index (Phi) is 3.36. The van der Waals surface area contributed by atoms with Crippen molar-refractivity contribution in [3.05, 3.63) is 12.7 Å². The van der Waals surface area contributed by atoms with Crippen LogP contribution in [0.25, 0.3) is 0 Å². The van der Waals surface area contributed by atoms with Gasteiger partial charge in [0.2, 0.25) is 0 Å². The fourth-order valence-corrected chi connectivity index (χ4v) is 2.92. The molecule has 0 spiro atoms. The van der Waals surface area contributed by atoms with Gasteiger partial charge in [0, 0.05) is 6.04 Å². The second-order valence-corrected chi connectivity index (χ2v) is 4.80.